The second-order valence-corrected chi connectivity index (χ2v) is 5.93. The lowest BCUT2D eigenvalue weighted by atomic mass is 9.85. The average molecular weight is 327 g/mol. The van der Waals surface area contributed by atoms with Crippen molar-refractivity contribution in [1.29, 1.82) is 0 Å². The largest absolute Gasteiger partial charge is 0.380 e. The van der Waals surface area contributed by atoms with E-state index in [4.69, 9.17) is 4.74 Å². The van der Waals surface area contributed by atoms with Gasteiger partial charge in [-0.25, -0.2) is 0 Å². The molecule has 22 heavy (non-hydrogen) atoms. The van der Waals surface area contributed by atoms with Crippen LogP contribution in [-0.4, -0.2) is 26.1 Å². The summed E-state index contributed by atoms with van der Waals surface area (Å²) in [4.78, 5) is 12.2. The fourth-order valence-corrected chi connectivity index (χ4v) is 2.95. The molecule has 1 saturated heterocycles. The standard InChI is InChI=1S/C17H26N2O2.ClH/c1-13(14-7-5-9-18-11-14)10-17(20)19-16-8-4-3-6-15(16)12-21-2;/h3-4,6,8,13-14,18H,5,7,9-12H2,1-2H3,(H,19,20);1H. The first-order valence-electron chi connectivity index (χ1n) is 7.78. The molecule has 1 aromatic rings. The molecule has 2 rings (SSSR count). The van der Waals surface area contributed by atoms with Crippen LogP contribution in [-0.2, 0) is 16.1 Å². The van der Waals surface area contributed by atoms with E-state index < -0.39 is 0 Å². The number of amides is 1. The van der Waals surface area contributed by atoms with Crippen LogP contribution in [0.5, 0.6) is 0 Å². The smallest absolute Gasteiger partial charge is 0.224 e. The minimum Gasteiger partial charge on any atom is -0.380 e. The van der Waals surface area contributed by atoms with E-state index in [1.165, 1.54) is 12.8 Å². The van der Waals surface area contributed by atoms with Gasteiger partial charge in [-0.15, -0.1) is 12.4 Å². The molecule has 1 heterocycles. The maximum atomic E-state index is 12.2. The zero-order valence-electron chi connectivity index (χ0n) is 13.4. The van der Waals surface area contributed by atoms with E-state index in [1.807, 2.05) is 24.3 Å². The quantitative estimate of drug-likeness (QED) is 0.844. The molecular weight excluding hydrogens is 300 g/mol. The van der Waals surface area contributed by atoms with Gasteiger partial charge in [-0.1, -0.05) is 25.1 Å². The number of methoxy groups -OCH3 is 1. The highest BCUT2D eigenvalue weighted by Crippen LogP contribution is 2.23. The Labute approximate surface area is 139 Å². The van der Waals surface area contributed by atoms with Crippen LogP contribution in [0.3, 0.4) is 0 Å². The number of benzene rings is 1. The molecular formula is C17H27ClN2O2. The molecule has 4 nitrogen and oxygen atoms in total. The Morgan fingerprint density at radius 1 is 1.45 bits per heavy atom. The third-order valence-electron chi connectivity index (χ3n) is 4.24. The summed E-state index contributed by atoms with van der Waals surface area (Å²) in [5, 5.41) is 6.44. The highest BCUT2D eigenvalue weighted by Gasteiger charge is 2.22. The number of halogens is 1. The Kier molecular flexibility index (Phi) is 8.46. The number of carbonyl (C=O) groups is 1. The summed E-state index contributed by atoms with van der Waals surface area (Å²) in [6.07, 6.45) is 3.02. The van der Waals surface area contributed by atoms with Gasteiger partial charge in [0.25, 0.3) is 0 Å². The van der Waals surface area contributed by atoms with Gasteiger partial charge in [0, 0.05) is 24.8 Å². The van der Waals surface area contributed by atoms with Crippen LogP contribution >= 0.6 is 12.4 Å². The predicted octanol–water partition coefficient (Wildman–Crippen LogP) is 3.22. The number of piperidine rings is 1. The summed E-state index contributed by atoms with van der Waals surface area (Å²) in [6, 6.07) is 7.80. The van der Waals surface area contributed by atoms with Crippen molar-refractivity contribution < 1.29 is 9.53 Å². The second-order valence-electron chi connectivity index (χ2n) is 5.93. The first kappa shape index (κ1) is 18.9. The van der Waals surface area contributed by atoms with Crippen LogP contribution in [0.4, 0.5) is 5.69 Å². The lowest BCUT2D eigenvalue weighted by molar-refractivity contribution is -0.117. The molecule has 124 valence electrons. The third-order valence-corrected chi connectivity index (χ3v) is 4.24. The van der Waals surface area contributed by atoms with Crippen molar-refractivity contribution >= 4 is 24.0 Å². The second kappa shape index (κ2) is 9.82. The molecule has 0 spiro atoms. The predicted molar refractivity (Wildman–Crippen MR) is 92.4 cm³/mol. The van der Waals surface area contributed by atoms with Crippen molar-refractivity contribution in [3.05, 3.63) is 29.8 Å². The SMILES string of the molecule is COCc1ccccc1NC(=O)CC(C)C1CCCNC1.Cl. The average Bonchev–Trinajstić information content (AvgIpc) is 2.50. The Hall–Kier alpha value is -1.10. The molecule has 1 amide bonds. The molecule has 1 fully saturated rings. The first-order chi connectivity index (χ1) is 10.2. The Balaban J connectivity index is 0.00000242. The maximum Gasteiger partial charge on any atom is 0.224 e. The van der Waals surface area contributed by atoms with Crippen molar-refractivity contribution in [3.8, 4) is 0 Å². The van der Waals surface area contributed by atoms with Crippen LogP contribution in [0.25, 0.3) is 0 Å². The minimum absolute atomic E-state index is 0. The van der Waals surface area contributed by atoms with E-state index in [1.54, 1.807) is 7.11 Å². The number of hydrogen-bond acceptors (Lipinski definition) is 3. The van der Waals surface area contributed by atoms with Crippen LogP contribution in [0, 0.1) is 11.8 Å². The number of nitrogens with one attached hydrogen (secondary N) is 2. The highest BCUT2D eigenvalue weighted by molar-refractivity contribution is 5.91. The normalized spacial score (nSPS) is 19.1. The van der Waals surface area contributed by atoms with E-state index in [9.17, 15) is 4.79 Å². The summed E-state index contributed by atoms with van der Waals surface area (Å²) in [7, 11) is 1.66. The fraction of sp³-hybridized carbons (Fsp3) is 0.588. The molecule has 2 unspecified atom stereocenters. The van der Waals surface area contributed by atoms with Crippen LogP contribution in [0.15, 0.2) is 24.3 Å². The van der Waals surface area contributed by atoms with Crippen LogP contribution < -0.4 is 10.6 Å². The van der Waals surface area contributed by atoms with Gasteiger partial charge in [0.05, 0.1) is 6.61 Å². The van der Waals surface area contributed by atoms with Crippen molar-refractivity contribution in [2.45, 2.75) is 32.8 Å². The number of para-hydroxylation sites is 1. The lowest BCUT2D eigenvalue weighted by Gasteiger charge is -2.28. The van der Waals surface area contributed by atoms with E-state index in [0.29, 0.717) is 24.9 Å². The zero-order chi connectivity index (χ0) is 15.1. The van der Waals surface area contributed by atoms with Gasteiger partial charge in [0.1, 0.15) is 0 Å². The number of rotatable bonds is 6. The number of anilines is 1. The molecule has 0 aromatic heterocycles. The van der Waals surface area contributed by atoms with Gasteiger partial charge in [-0.3, -0.25) is 4.79 Å². The molecule has 0 radical (unpaired) electrons. The van der Waals surface area contributed by atoms with Crippen molar-refractivity contribution in [2.75, 3.05) is 25.5 Å². The summed E-state index contributed by atoms with van der Waals surface area (Å²) < 4.78 is 5.17. The maximum absolute atomic E-state index is 12.2. The molecule has 1 aromatic carbocycles. The molecule has 0 aliphatic carbocycles. The fourth-order valence-electron chi connectivity index (χ4n) is 2.95. The van der Waals surface area contributed by atoms with E-state index in [0.717, 1.165) is 24.3 Å². The Morgan fingerprint density at radius 3 is 2.91 bits per heavy atom. The zero-order valence-corrected chi connectivity index (χ0v) is 14.2. The summed E-state index contributed by atoms with van der Waals surface area (Å²) in [5.74, 6) is 1.11. The Morgan fingerprint density at radius 2 is 2.23 bits per heavy atom. The minimum atomic E-state index is 0. The van der Waals surface area contributed by atoms with E-state index >= 15 is 0 Å². The molecule has 0 saturated carbocycles. The third kappa shape index (κ3) is 5.59. The molecule has 2 N–H and O–H groups in total. The van der Waals surface area contributed by atoms with Gasteiger partial charge in [0.15, 0.2) is 0 Å². The van der Waals surface area contributed by atoms with Gasteiger partial charge in [0.2, 0.25) is 5.91 Å². The van der Waals surface area contributed by atoms with Gasteiger partial charge in [-0.2, -0.15) is 0 Å². The lowest BCUT2D eigenvalue weighted by Crippen LogP contribution is -2.34. The molecule has 1 aliphatic rings. The van der Waals surface area contributed by atoms with Gasteiger partial charge < -0.3 is 15.4 Å². The summed E-state index contributed by atoms with van der Waals surface area (Å²) in [6.45, 7) is 4.84. The van der Waals surface area contributed by atoms with Crippen LogP contribution in [0.1, 0.15) is 31.7 Å². The number of ether oxygens (including phenoxy) is 1. The molecule has 5 heteroatoms. The topological polar surface area (TPSA) is 50.4 Å². The van der Waals surface area contributed by atoms with E-state index in [2.05, 4.69) is 17.6 Å². The molecule has 2 atom stereocenters. The number of hydrogen-bond donors (Lipinski definition) is 2. The van der Waals surface area contributed by atoms with E-state index in [-0.39, 0.29) is 18.3 Å². The summed E-state index contributed by atoms with van der Waals surface area (Å²) >= 11 is 0. The Bertz CT molecular complexity index is 462. The van der Waals surface area contributed by atoms with Gasteiger partial charge >= 0.3 is 0 Å². The van der Waals surface area contributed by atoms with Crippen molar-refractivity contribution in [2.24, 2.45) is 11.8 Å². The highest BCUT2D eigenvalue weighted by atomic mass is 35.5. The monoisotopic (exact) mass is 326 g/mol. The molecule has 1 aliphatic heterocycles. The first-order valence-corrected chi connectivity index (χ1v) is 7.78. The number of carbonyl (C=O) groups excluding carboxylic acids is 1. The summed E-state index contributed by atoms with van der Waals surface area (Å²) in [5.41, 5.74) is 1.87. The van der Waals surface area contributed by atoms with Gasteiger partial charge in [-0.05, 0) is 43.8 Å². The van der Waals surface area contributed by atoms with Crippen molar-refractivity contribution in [1.82, 2.24) is 5.32 Å². The molecule has 0 bridgehead atoms. The van der Waals surface area contributed by atoms with Crippen LogP contribution in [0.2, 0.25) is 0 Å². The van der Waals surface area contributed by atoms with Crippen molar-refractivity contribution in [3.63, 3.8) is 0 Å².